The Bertz CT molecular complexity index is 708. The summed E-state index contributed by atoms with van der Waals surface area (Å²) in [6.45, 7) is 4.61. The van der Waals surface area contributed by atoms with E-state index in [1.54, 1.807) is 18.7 Å². The Hall–Kier alpha value is -1.16. The molecule has 1 aromatic rings. The second-order valence-corrected chi connectivity index (χ2v) is 8.53. The molecule has 1 amide bonds. The van der Waals surface area contributed by atoms with Crippen LogP contribution in [-0.2, 0) is 14.8 Å². The average Bonchev–Trinajstić information content (AvgIpc) is 3.12. The third kappa shape index (κ3) is 3.84. The van der Waals surface area contributed by atoms with E-state index in [0.717, 1.165) is 19.3 Å². The molecule has 10 heteroatoms. The lowest BCUT2D eigenvalue weighted by Gasteiger charge is -2.35. The fourth-order valence-corrected chi connectivity index (χ4v) is 5.33. The van der Waals surface area contributed by atoms with Crippen LogP contribution in [0.3, 0.4) is 0 Å². The van der Waals surface area contributed by atoms with E-state index in [2.05, 4.69) is 5.16 Å². The molecule has 0 aromatic carbocycles. The zero-order chi connectivity index (χ0) is 17.5. The summed E-state index contributed by atoms with van der Waals surface area (Å²) >= 11 is 0. The molecule has 142 valence electrons. The summed E-state index contributed by atoms with van der Waals surface area (Å²) in [7, 11) is -3.64. The van der Waals surface area contributed by atoms with Crippen LogP contribution in [0.25, 0.3) is 0 Å². The Morgan fingerprint density at radius 1 is 1.20 bits per heavy atom. The van der Waals surface area contributed by atoms with Crippen LogP contribution in [0.4, 0.5) is 0 Å². The summed E-state index contributed by atoms with van der Waals surface area (Å²) in [5, 5.41) is 3.72. The molecule has 0 spiro atoms. The summed E-state index contributed by atoms with van der Waals surface area (Å²) in [5.74, 6) is 0.397. The van der Waals surface area contributed by atoms with Crippen LogP contribution in [-0.4, -0.2) is 60.9 Å². The van der Waals surface area contributed by atoms with Crippen molar-refractivity contribution in [2.45, 2.75) is 44.0 Å². The Morgan fingerprint density at radius 2 is 1.84 bits per heavy atom. The molecule has 0 radical (unpaired) electrons. The van der Waals surface area contributed by atoms with Gasteiger partial charge in [-0.2, -0.15) is 4.31 Å². The number of carbonyl (C=O) groups excluding carboxylic acids is 1. The maximum atomic E-state index is 12.8. The van der Waals surface area contributed by atoms with Crippen LogP contribution in [0.5, 0.6) is 0 Å². The molecule has 2 N–H and O–H groups in total. The van der Waals surface area contributed by atoms with Crippen molar-refractivity contribution in [3.8, 4) is 0 Å². The molecule has 1 saturated carbocycles. The van der Waals surface area contributed by atoms with Crippen LogP contribution in [0.15, 0.2) is 9.42 Å². The first kappa shape index (κ1) is 20.2. The number of rotatable bonds is 3. The third-order valence-electron chi connectivity index (χ3n) is 4.94. The predicted molar refractivity (Wildman–Crippen MR) is 93.9 cm³/mol. The minimum absolute atomic E-state index is 0. The second kappa shape index (κ2) is 7.61. The van der Waals surface area contributed by atoms with Gasteiger partial charge in [0, 0.05) is 38.1 Å². The van der Waals surface area contributed by atoms with Gasteiger partial charge in [-0.15, -0.1) is 12.4 Å². The first-order chi connectivity index (χ1) is 11.3. The molecule has 1 saturated heterocycles. The zero-order valence-electron chi connectivity index (χ0n) is 14.5. The van der Waals surface area contributed by atoms with Crippen molar-refractivity contribution < 1.29 is 17.7 Å². The van der Waals surface area contributed by atoms with Crippen molar-refractivity contribution in [3.63, 3.8) is 0 Å². The molecule has 8 nitrogen and oxygen atoms in total. The van der Waals surface area contributed by atoms with Gasteiger partial charge in [0.2, 0.25) is 15.9 Å². The van der Waals surface area contributed by atoms with Gasteiger partial charge in [0.15, 0.2) is 5.76 Å². The van der Waals surface area contributed by atoms with Crippen LogP contribution in [0.2, 0.25) is 0 Å². The number of nitrogens with two attached hydrogens (primary N) is 1. The number of aromatic nitrogens is 1. The van der Waals surface area contributed by atoms with Crippen molar-refractivity contribution in [3.05, 3.63) is 11.5 Å². The van der Waals surface area contributed by atoms with Crippen molar-refractivity contribution >= 4 is 28.3 Å². The van der Waals surface area contributed by atoms with Gasteiger partial charge in [0.05, 0.1) is 0 Å². The molecular weight excluding hydrogens is 368 g/mol. The molecule has 1 aromatic heterocycles. The van der Waals surface area contributed by atoms with Crippen molar-refractivity contribution in [2.24, 2.45) is 11.7 Å². The van der Waals surface area contributed by atoms with E-state index < -0.39 is 10.0 Å². The number of sulfonamides is 1. The highest BCUT2D eigenvalue weighted by Gasteiger charge is 2.36. The van der Waals surface area contributed by atoms with Gasteiger partial charge in [0.25, 0.3) is 0 Å². The molecule has 0 bridgehead atoms. The summed E-state index contributed by atoms with van der Waals surface area (Å²) in [4.78, 5) is 14.4. The van der Waals surface area contributed by atoms with Gasteiger partial charge in [-0.25, -0.2) is 8.42 Å². The topological polar surface area (TPSA) is 110 Å². The molecule has 3 rings (SSSR count). The van der Waals surface area contributed by atoms with E-state index in [1.165, 1.54) is 4.31 Å². The summed E-state index contributed by atoms with van der Waals surface area (Å²) in [6.07, 6.45) is 2.45. The zero-order valence-corrected chi connectivity index (χ0v) is 16.1. The van der Waals surface area contributed by atoms with E-state index in [4.69, 9.17) is 10.3 Å². The Morgan fingerprint density at radius 3 is 2.32 bits per heavy atom. The van der Waals surface area contributed by atoms with Gasteiger partial charge in [-0.3, -0.25) is 4.79 Å². The Kier molecular flexibility index (Phi) is 6.13. The third-order valence-corrected chi connectivity index (χ3v) is 7.08. The lowest BCUT2D eigenvalue weighted by molar-refractivity contribution is -0.136. The van der Waals surface area contributed by atoms with E-state index >= 15 is 0 Å². The SMILES string of the molecule is Cc1noc(C)c1S(=O)(=O)N1CCN(C(=O)C2CCC(N)C2)CC1.Cl. The predicted octanol–water partition coefficient (Wildman–Crippen LogP) is 0.674. The molecule has 1 aliphatic heterocycles. The number of piperazine rings is 1. The van der Waals surface area contributed by atoms with Gasteiger partial charge >= 0.3 is 0 Å². The van der Waals surface area contributed by atoms with Crippen LogP contribution in [0, 0.1) is 19.8 Å². The van der Waals surface area contributed by atoms with Crippen LogP contribution in [0.1, 0.15) is 30.7 Å². The molecule has 2 atom stereocenters. The fraction of sp³-hybridized carbons (Fsp3) is 0.733. The largest absolute Gasteiger partial charge is 0.360 e. The highest BCUT2D eigenvalue weighted by Crippen LogP contribution is 2.28. The first-order valence-corrected chi connectivity index (χ1v) is 9.72. The monoisotopic (exact) mass is 392 g/mol. The van der Waals surface area contributed by atoms with Gasteiger partial charge in [-0.05, 0) is 33.1 Å². The number of carbonyl (C=O) groups is 1. The van der Waals surface area contributed by atoms with E-state index in [0.29, 0.717) is 24.5 Å². The quantitative estimate of drug-likeness (QED) is 0.809. The van der Waals surface area contributed by atoms with Crippen LogP contribution < -0.4 is 5.73 Å². The number of amides is 1. The standard InChI is InChI=1S/C15H24N4O4S.ClH/c1-10-14(11(2)23-17-10)24(21,22)19-7-5-18(6-8-19)15(20)12-3-4-13(16)9-12;/h12-13H,3-9,16H2,1-2H3;1H. The molecule has 2 fully saturated rings. The van der Waals surface area contributed by atoms with Crippen LogP contribution >= 0.6 is 12.4 Å². The number of hydrogen-bond acceptors (Lipinski definition) is 6. The maximum absolute atomic E-state index is 12.8. The highest BCUT2D eigenvalue weighted by atomic mass is 35.5. The van der Waals surface area contributed by atoms with Crippen molar-refractivity contribution in [2.75, 3.05) is 26.2 Å². The lowest BCUT2D eigenvalue weighted by Crippen LogP contribution is -2.51. The molecule has 25 heavy (non-hydrogen) atoms. The summed E-state index contributed by atoms with van der Waals surface area (Å²) in [6, 6.07) is 0.111. The van der Waals surface area contributed by atoms with E-state index in [1.807, 2.05) is 0 Å². The van der Waals surface area contributed by atoms with Gasteiger partial charge in [-0.1, -0.05) is 5.16 Å². The molecule has 1 aliphatic carbocycles. The minimum Gasteiger partial charge on any atom is -0.360 e. The molecular formula is C15H25ClN4O4S. The molecule has 2 unspecified atom stereocenters. The number of halogens is 1. The van der Waals surface area contributed by atoms with Crippen molar-refractivity contribution in [1.29, 1.82) is 0 Å². The summed E-state index contributed by atoms with van der Waals surface area (Å²) < 4.78 is 31.9. The average molecular weight is 393 g/mol. The number of nitrogens with zero attached hydrogens (tertiary/aromatic N) is 3. The maximum Gasteiger partial charge on any atom is 0.248 e. The molecule has 2 heterocycles. The Labute approximate surface area is 154 Å². The first-order valence-electron chi connectivity index (χ1n) is 8.28. The summed E-state index contributed by atoms with van der Waals surface area (Å²) in [5.41, 5.74) is 6.25. The van der Waals surface area contributed by atoms with E-state index in [9.17, 15) is 13.2 Å². The normalized spacial score (nSPS) is 25.0. The van der Waals surface area contributed by atoms with Gasteiger partial charge < -0.3 is 15.2 Å². The number of hydrogen-bond donors (Lipinski definition) is 1. The fourth-order valence-electron chi connectivity index (χ4n) is 3.62. The van der Waals surface area contributed by atoms with Crippen molar-refractivity contribution in [1.82, 2.24) is 14.4 Å². The minimum atomic E-state index is -3.64. The van der Waals surface area contributed by atoms with Gasteiger partial charge in [0.1, 0.15) is 10.6 Å². The second-order valence-electron chi connectivity index (χ2n) is 6.65. The van der Waals surface area contributed by atoms with E-state index in [-0.39, 0.29) is 48.3 Å². The highest BCUT2D eigenvalue weighted by molar-refractivity contribution is 7.89. The molecule has 2 aliphatic rings. The smallest absolute Gasteiger partial charge is 0.248 e. The Balaban J connectivity index is 0.00000225. The number of aryl methyl sites for hydroxylation is 2. The lowest BCUT2D eigenvalue weighted by atomic mass is 10.1.